The van der Waals surface area contributed by atoms with Crippen molar-refractivity contribution in [3.8, 4) is 6.01 Å². The zero-order chi connectivity index (χ0) is 47.0. The average molecular weight is 964 g/mol. The molecule has 0 spiro atoms. The van der Waals surface area contributed by atoms with Gasteiger partial charge in [-0.15, -0.1) is 5.11 Å². The van der Waals surface area contributed by atoms with Crippen LogP contribution in [0.3, 0.4) is 0 Å². The number of anilines is 5. The number of carbonyl (C=O) groups excluding carboxylic acids is 1. The van der Waals surface area contributed by atoms with Crippen LogP contribution in [0.15, 0.2) is 137 Å². The lowest BCUT2D eigenvalue weighted by molar-refractivity contribution is 0.259. The first kappa shape index (κ1) is 45.6. The van der Waals surface area contributed by atoms with Crippen molar-refractivity contribution in [1.29, 1.82) is 0 Å². The number of amides is 2. The Morgan fingerprint density at radius 1 is 0.615 bits per heavy atom. The second-order valence-corrected chi connectivity index (χ2v) is 18.5. The van der Waals surface area contributed by atoms with E-state index >= 15 is 0 Å². The molecule has 0 aliphatic rings. The third-order valence-electron chi connectivity index (χ3n) is 8.96. The maximum Gasteiger partial charge on any atom is 0.320 e. The molecule has 24 nitrogen and oxygen atoms in total. The van der Waals surface area contributed by atoms with Crippen molar-refractivity contribution < 1.29 is 57.6 Å². The number of primary amides is 1. The molecule has 1 unspecified atom stereocenters. The lowest BCUT2D eigenvalue weighted by Crippen LogP contribution is -2.19. The summed E-state index contributed by atoms with van der Waals surface area (Å²) >= 11 is -2.61. The van der Waals surface area contributed by atoms with Crippen molar-refractivity contribution in [1.82, 2.24) is 15.0 Å². The van der Waals surface area contributed by atoms with Gasteiger partial charge in [0.25, 0.3) is 30.4 Å². The summed E-state index contributed by atoms with van der Waals surface area (Å²) in [6, 6.07) is 18.9. The van der Waals surface area contributed by atoms with Crippen LogP contribution in [0.1, 0.15) is 5.56 Å². The minimum Gasteiger partial charge on any atom is -0.479 e. The van der Waals surface area contributed by atoms with Crippen molar-refractivity contribution in [3.63, 3.8) is 0 Å². The van der Waals surface area contributed by atoms with E-state index in [1.54, 1.807) is 13.0 Å². The first-order chi connectivity index (χ1) is 30.5. The molecule has 0 aliphatic heterocycles. The first-order valence-electron chi connectivity index (χ1n) is 17.8. The highest BCUT2D eigenvalue weighted by molar-refractivity contribution is 7.86. The summed E-state index contributed by atoms with van der Waals surface area (Å²) < 4.78 is 124. The Bertz CT molecular complexity index is 3560. The topological polar surface area (TPSA) is 388 Å². The van der Waals surface area contributed by atoms with Gasteiger partial charge >= 0.3 is 12.0 Å². The van der Waals surface area contributed by atoms with Crippen molar-refractivity contribution in [2.75, 3.05) is 16.0 Å². The van der Waals surface area contributed by atoms with E-state index < -0.39 is 68.2 Å². The standard InChI is InChI=1S/C37H29N11O13S4/c1-18-12-19(8-10-27(18)47-46-22-14-26-24(33(17-22)65(59,60)61)5-3-7-32(26)64(56,57)58)39-35-42-36(44-37(50)43-35)40-20-9-11-28(29(15-20)41-34(38)49)48-45-21-13-25-23(30(16-21)62(51)52)4-2-6-31(25)63(53,54)55/h2-17H,1H3,(H,51,52)(H3,38,41,49)(H,53,54,55)(H,56,57,58)(H,59,60,61)(H3,39,40,42,43,44,50). The van der Waals surface area contributed by atoms with E-state index in [0.717, 1.165) is 18.2 Å². The van der Waals surface area contributed by atoms with Crippen molar-refractivity contribution in [3.05, 3.63) is 103 Å². The van der Waals surface area contributed by atoms with E-state index in [1.807, 2.05) is 0 Å². The number of nitrogens with two attached hydrogens (primary N) is 1. The Hall–Kier alpha value is -7.44. The van der Waals surface area contributed by atoms with Gasteiger partial charge in [0, 0.05) is 32.9 Å². The molecule has 1 aromatic heterocycles. The van der Waals surface area contributed by atoms with E-state index in [0.29, 0.717) is 11.3 Å². The fourth-order valence-corrected chi connectivity index (χ4v) is 8.99. The summed E-state index contributed by atoms with van der Waals surface area (Å²) in [7, 11) is -14.4. The third-order valence-corrected chi connectivity index (χ3v) is 12.4. The molecule has 0 fully saturated rings. The van der Waals surface area contributed by atoms with Gasteiger partial charge in [0.15, 0.2) is 11.1 Å². The fraction of sp³-hybridized carbons (Fsp3) is 0.0270. The Morgan fingerprint density at radius 2 is 1.12 bits per heavy atom. The molecule has 0 radical (unpaired) electrons. The van der Waals surface area contributed by atoms with E-state index in [-0.39, 0.29) is 72.5 Å². The Morgan fingerprint density at radius 3 is 1.66 bits per heavy atom. The molecule has 0 saturated carbocycles. The lowest BCUT2D eigenvalue weighted by atomic mass is 10.1. The normalized spacial score (nSPS) is 12.8. The number of carbonyl (C=O) groups is 1. The number of benzene rings is 6. The largest absolute Gasteiger partial charge is 0.479 e. The quantitative estimate of drug-likeness (QED) is 0.0310. The number of fused-ring (bicyclic) bond motifs is 2. The molecule has 0 saturated heterocycles. The summed E-state index contributed by atoms with van der Waals surface area (Å²) in [6.07, 6.45) is 0. The van der Waals surface area contributed by atoms with Crippen LogP contribution in [-0.2, 0) is 41.4 Å². The Kier molecular flexibility index (Phi) is 12.4. The molecule has 10 N–H and O–H groups in total. The highest BCUT2D eigenvalue weighted by Gasteiger charge is 2.22. The van der Waals surface area contributed by atoms with E-state index in [9.17, 15) is 57.6 Å². The molecular weight excluding hydrogens is 935 g/mol. The Labute approximate surface area is 369 Å². The zero-order valence-corrected chi connectivity index (χ0v) is 35.8. The van der Waals surface area contributed by atoms with Gasteiger partial charge in [-0.2, -0.15) is 55.5 Å². The first-order valence-corrected chi connectivity index (χ1v) is 23.3. The van der Waals surface area contributed by atoms with Crippen molar-refractivity contribution in [2.24, 2.45) is 26.2 Å². The van der Waals surface area contributed by atoms with Crippen molar-refractivity contribution in [2.45, 2.75) is 26.5 Å². The number of azo groups is 2. The SMILES string of the molecule is Cc1cc(Nc2nc(O)nc(Nc3ccc(N=Nc4cc(S(=O)O)c5cccc(S(=O)(=O)O)c5c4)c(NC(N)=O)c3)n2)ccc1N=Nc1cc(S(=O)(=O)O)c2cccc(S(=O)(=O)O)c2c1. The molecule has 1 atom stereocenters. The van der Waals surface area contributed by atoms with Gasteiger partial charge in [0.05, 0.1) is 27.6 Å². The van der Waals surface area contributed by atoms with Gasteiger partial charge in [0.2, 0.25) is 11.9 Å². The monoisotopic (exact) mass is 963 g/mol. The number of aryl methyl sites for hydroxylation is 1. The molecule has 28 heteroatoms. The van der Waals surface area contributed by atoms with Gasteiger partial charge in [-0.1, -0.05) is 24.3 Å². The molecule has 334 valence electrons. The van der Waals surface area contributed by atoms with Crippen LogP contribution in [-0.4, -0.2) is 73.8 Å². The van der Waals surface area contributed by atoms with Crippen LogP contribution >= 0.6 is 0 Å². The van der Waals surface area contributed by atoms with Crippen LogP contribution in [0.25, 0.3) is 21.5 Å². The number of aromatic nitrogens is 3. The van der Waals surface area contributed by atoms with Gasteiger partial charge in [-0.3, -0.25) is 13.7 Å². The minimum atomic E-state index is -4.88. The number of rotatable bonds is 13. The maximum absolute atomic E-state index is 12.2. The number of hydrogen-bond acceptors (Lipinski definition) is 18. The number of nitrogens with zero attached hydrogens (tertiary/aromatic N) is 7. The van der Waals surface area contributed by atoms with Gasteiger partial charge in [-0.05, 0) is 85.3 Å². The second kappa shape index (κ2) is 17.6. The van der Waals surface area contributed by atoms with Crippen LogP contribution in [0, 0.1) is 6.92 Å². The van der Waals surface area contributed by atoms with Crippen LogP contribution in [0.5, 0.6) is 6.01 Å². The highest BCUT2D eigenvalue weighted by atomic mass is 32.2. The molecule has 7 aromatic rings. The summed E-state index contributed by atoms with van der Waals surface area (Å²) in [5.74, 6) is -0.331. The van der Waals surface area contributed by atoms with E-state index in [1.165, 1.54) is 72.8 Å². The third kappa shape index (κ3) is 10.5. The number of urea groups is 1. The predicted octanol–water partition coefficient (Wildman–Crippen LogP) is 7.32. The molecule has 1 heterocycles. The molecule has 0 bridgehead atoms. The maximum atomic E-state index is 12.2. The van der Waals surface area contributed by atoms with Gasteiger partial charge < -0.3 is 31.3 Å². The zero-order valence-electron chi connectivity index (χ0n) is 32.6. The summed E-state index contributed by atoms with van der Waals surface area (Å²) in [4.78, 5) is 21.9. The average Bonchev–Trinajstić information content (AvgIpc) is 3.20. The summed E-state index contributed by atoms with van der Waals surface area (Å²) in [5.41, 5.74) is 6.50. The number of nitrogens with one attached hydrogen (secondary N) is 3. The van der Waals surface area contributed by atoms with Crippen LogP contribution < -0.4 is 21.7 Å². The molecule has 6 aromatic carbocycles. The molecule has 65 heavy (non-hydrogen) atoms. The Balaban J connectivity index is 1.12. The summed E-state index contributed by atoms with van der Waals surface area (Å²) in [6.45, 7) is 1.65. The molecular formula is C37H29N11O13S4. The highest BCUT2D eigenvalue weighted by Crippen LogP contribution is 2.37. The van der Waals surface area contributed by atoms with Crippen LogP contribution in [0.2, 0.25) is 0 Å². The molecule has 7 rings (SSSR count). The smallest absolute Gasteiger partial charge is 0.320 e. The van der Waals surface area contributed by atoms with Crippen molar-refractivity contribution >= 4 is 121 Å². The van der Waals surface area contributed by atoms with Gasteiger partial charge in [0.1, 0.15) is 20.4 Å². The fourth-order valence-electron chi connectivity index (χ4n) is 6.28. The van der Waals surface area contributed by atoms with Crippen LogP contribution in [0.4, 0.5) is 56.5 Å². The predicted molar refractivity (Wildman–Crippen MR) is 234 cm³/mol. The summed E-state index contributed by atoms with van der Waals surface area (Å²) in [5, 5.41) is 34.3. The van der Waals surface area contributed by atoms with E-state index in [2.05, 4.69) is 51.4 Å². The molecule has 2 amide bonds. The van der Waals surface area contributed by atoms with E-state index in [4.69, 9.17) is 5.73 Å². The molecule has 0 aliphatic carbocycles. The number of hydrogen-bond donors (Lipinski definition) is 9. The minimum absolute atomic E-state index is 0.00906. The van der Waals surface area contributed by atoms with Gasteiger partial charge in [-0.25, -0.2) is 9.00 Å². The lowest BCUT2D eigenvalue weighted by Gasteiger charge is -2.12. The second-order valence-electron chi connectivity index (χ2n) is 13.4. The number of aromatic hydroxyl groups is 1.